The van der Waals surface area contributed by atoms with Gasteiger partial charge in [0, 0.05) is 39.9 Å². The molecule has 25 heavy (non-hydrogen) atoms. The van der Waals surface area contributed by atoms with Crippen LogP contribution in [0.3, 0.4) is 0 Å². The van der Waals surface area contributed by atoms with Crippen LogP contribution in [0.15, 0.2) is 4.99 Å². The highest BCUT2D eigenvalue weighted by molar-refractivity contribution is 5.81. The Hall–Kier alpha value is -1.34. The zero-order valence-electron chi connectivity index (χ0n) is 15.7. The van der Waals surface area contributed by atoms with E-state index in [2.05, 4.69) is 15.2 Å². The number of nitrogens with one attached hydrogen (secondary N) is 1. The number of likely N-dealkylation sites (tertiary alicyclic amines) is 1. The number of carbonyl (C=O) groups excluding carboxylic acids is 1. The number of guanidine groups is 1. The highest BCUT2D eigenvalue weighted by atomic mass is 16.5. The first-order chi connectivity index (χ1) is 12.2. The topological polar surface area (TPSA) is 72.4 Å². The Morgan fingerprint density at radius 3 is 2.96 bits per heavy atom. The molecule has 144 valence electrons. The molecule has 0 aromatic rings. The minimum absolute atomic E-state index is 0.0537. The summed E-state index contributed by atoms with van der Waals surface area (Å²) in [5, 5.41) is 3.37. The van der Waals surface area contributed by atoms with E-state index in [9.17, 15) is 4.79 Å². The van der Waals surface area contributed by atoms with Gasteiger partial charge in [0.2, 0.25) is 0 Å². The maximum Gasteiger partial charge on any atom is 0.310 e. The summed E-state index contributed by atoms with van der Waals surface area (Å²) in [6, 6.07) is 0. The second kappa shape index (κ2) is 11.3. The summed E-state index contributed by atoms with van der Waals surface area (Å²) < 4.78 is 16.4. The summed E-state index contributed by atoms with van der Waals surface area (Å²) >= 11 is 0. The summed E-state index contributed by atoms with van der Waals surface area (Å²) in [4.78, 5) is 18.5. The molecule has 0 aromatic heterocycles. The quantitative estimate of drug-likeness (QED) is 0.307. The van der Waals surface area contributed by atoms with Crippen LogP contribution in [0.2, 0.25) is 0 Å². The van der Waals surface area contributed by atoms with Crippen molar-refractivity contribution < 1.29 is 19.0 Å². The largest absolute Gasteiger partial charge is 0.466 e. The van der Waals surface area contributed by atoms with Gasteiger partial charge in [-0.1, -0.05) is 0 Å². The van der Waals surface area contributed by atoms with Gasteiger partial charge in [-0.15, -0.1) is 0 Å². The second-order valence-corrected chi connectivity index (χ2v) is 6.57. The molecule has 0 aromatic carbocycles. The van der Waals surface area contributed by atoms with E-state index in [4.69, 9.17) is 14.2 Å². The fourth-order valence-corrected chi connectivity index (χ4v) is 3.32. The van der Waals surface area contributed by atoms with Crippen LogP contribution in [-0.4, -0.2) is 76.0 Å². The van der Waals surface area contributed by atoms with Crippen molar-refractivity contribution in [2.24, 2.45) is 10.9 Å². The van der Waals surface area contributed by atoms with Crippen LogP contribution in [0.4, 0.5) is 0 Å². The molecule has 0 bridgehead atoms. The van der Waals surface area contributed by atoms with E-state index in [1.807, 2.05) is 6.92 Å². The number of nitrogens with zero attached hydrogens (tertiary/aromatic N) is 2. The molecule has 2 saturated heterocycles. The molecule has 2 aliphatic rings. The lowest BCUT2D eigenvalue weighted by Crippen LogP contribution is -2.48. The van der Waals surface area contributed by atoms with Crippen LogP contribution in [0, 0.1) is 5.92 Å². The standard InChI is InChI=1S/C18H33N3O4/c1-3-24-17(22)15-7-4-10-21(13-15)18(19-2)20-9-6-11-23-14-16-8-5-12-25-16/h15-16H,3-14H2,1-2H3,(H,19,20). The molecule has 2 aliphatic heterocycles. The minimum atomic E-state index is -0.0924. The molecule has 2 heterocycles. The van der Waals surface area contributed by atoms with Gasteiger partial charge in [-0.3, -0.25) is 9.79 Å². The molecule has 0 radical (unpaired) electrons. The smallest absolute Gasteiger partial charge is 0.310 e. The van der Waals surface area contributed by atoms with E-state index >= 15 is 0 Å². The third-order valence-corrected chi connectivity index (χ3v) is 4.63. The van der Waals surface area contributed by atoms with Crippen molar-refractivity contribution in [1.82, 2.24) is 10.2 Å². The molecule has 0 aliphatic carbocycles. The highest BCUT2D eigenvalue weighted by Gasteiger charge is 2.28. The maximum atomic E-state index is 12.0. The Morgan fingerprint density at radius 2 is 2.24 bits per heavy atom. The number of hydrogen-bond donors (Lipinski definition) is 1. The molecule has 7 heteroatoms. The van der Waals surface area contributed by atoms with Crippen molar-refractivity contribution in [1.29, 1.82) is 0 Å². The van der Waals surface area contributed by atoms with Crippen LogP contribution in [0.1, 0.15) is 39.0 Å². The number of rotatable bonds is 8. The van der Waals surface area contributed by atoms with E-state index in [1.54, 1.807) is 7.05 Å². The third-order valence-electron chi connectivity index (χ3n) is 4.63. The summed E-state index contributed by atoms with van der Waals surface area (Å²) in [5.74, 6) is 0.709. The lowest BCUT2D eigenvalue weighted by Gasteiger charge is -2.33. The number of piperidine rings is 1. The average molecular weight is 355 g/mol. The molecule has 0 saturated carbocycles. The molecule has 2 unspecified atom stereocenters. The van der Waals surface area contributed by atoms with Crippen molar-refractivity contribution in [3.05, 3.63) is 0 Å². The normalized spacial score (nSPS) is 24.4. The van der Waals surface area contributed by atoms with Crippen LogP contribution in [0.25, 0.3) is 0 Å². The Morgan fingerprint density at radius 1 is 1.36 bits per heavy atom. The minimum Gasteiger partial charge on any atom is -0.466 e. The van der Waals surface area contributed by atoms with E-state index in [-0.39, 0.29) is 18.0 Å². The van der Waals surface area contributed by atoms with Gasteiger partial charge < -0.3 is 24.4 Å². The molecule has 2 fully saturated rings. The summed E-state index contributed by atoms with van der Waals surface area (Å²) in [6.45, 7) is 6.97. The fourth-order valence-electron chi connectivity index (χ4n) is 3.32. The number of hydrogen-bond acceptors (Lipinski definition) is 5. The van der Waals surface area contributed by atoms with Crippen LogP contribution in [0.5, 0.6) is 0 Å². The van der Waals surface area contributed by atoms with Crippen molar-refractivity contribution in [2.75, 3.05) is 53.1 Å². The first-order valence-corrected chi connectivity index (χ1v) is 9.56. The molecule has 0 spiro atoms. The predicted octanol–water partition coefficient (Wildman–Crippen LogP) is 1.42. The number of aliphatic imine (C=N–C) groups is 1. The van der Waals surface area contributed by atoms with E-state index in [0.29, 0.717) is 19.8 Å². The maximum absolute atomic E-state index is 12.0. The SMILES string of the molecule is CCOC(=O)C1CCCN(C(=NC)NCCCOCC2CCCO2)C1. The Kier molecular flexibility index (Phi) is 9.04. The Balaban J connectivity index is 1.62. The first kappa shape index (κ1) is 20.0. The third kappa shape index (κ3) is 6.82. The summed E-state index contributed by atoms with van der Waals surface area (Å²) in [7, 11) is 1.78. The fraction of sp³-hybridized carbons (Fsp3) is 0.889. The van der Waals surface area contributed by atoms with E-state index < -0.39 is 0 Å². The van der Waals surface area contributed by atoms with Gasteiger partial charge in [-0.05, 0) is 39.0 Å². The molecule has 2 rings (SSSR count). The van der Waals surface area contributed by atoms with Gasteiger partial charge in [0.25, 0.3) is 0 Å². The summed E-state index contributed by atoms with van der Waals surface area (Å²) in [6.07, 6.45) is 5.34. The zero-order valence-corrected chi connectivity index (χ0v) is 15.7. The van der Waals surface area contributed by atoms with Crippen LogP contribution >= 0.6 is 0 Å². The molecule has 1 N–H and O–H groups in total. The lowest BCUT2D eigenvalue weighted by molar-refractivity contribution is -0.149. The Labute approximate surface area is 151 Å². The monoisotopic (exact) mass is 355 g/mol. The molecule has 7 nitrogen and oxygen atoms in total. The van der Waals surface area contributed by atoms with Crippen molar-refractivity contribution in [3.8, 4) is 0 Å². The number of esters is 1. The first-order valence-electron chi connectivity index (χ1n) is 9.56. The molecule has 2 atom stereocenters. The predicted molar refractivity (Wildman–Crippen MR) is 96.7 cm³/mol. The molecule has 0 amide bonds. The molecular formula is C18H33N3O4. The van der Waals surface area contributed by atoms with Crippen LogP contribution < -0.4 is 5.32 Å². The number of ether oxygens (including phenoxy) is 3. The van der Waals surface area contributed by atoms with Gasteiger partial charge in [0.15, 0.2) is 5.96 Å². The van der Waals surface area contributed by atoms with Gasteiger partial charge in [0.1, 0.15) is 0 Å². The molecular weight excluding hydrogens is 322 g/mol. The average Bonchev–Trinajstić information content (AvgIpc) is 3.15. The summed E-state index contributed by atoms with van der Waals surface area (Å²) in [5.41, 5.74) is 0. The van der Waals surface area contributed by atoms with Gasteiger partial charge in [0.05, 0.1) is 25.2 Å². The van der Waals surface area contributed by atoms with E-state index in [0.717, 1.165) is 64.4 Å². The Bertz CT molecular complexity index is 425. The van der Waals surface area contributed by atoms with Gasteiger partial charge >= 0.3 is 5.97 Å². The lowest BCUT2D eigenvalue weighted by atomic mass is 9.98. The van der Waals surface area contributed by atoms with Gasteiger partial charge in [-0.2, -0.15) is 0 Å². The van der Waals surface area contributed by atoms with Gasteiger partial charge in [-0.25, -0.2) is 0 Å². The van der Waals surface area contributed by atoms with Crippen molar-refractivity contribution >= 4 is 11.9 Å². The second-order valence-electron chi connectivity index (χ2n) is 6.57. The van der Waals surface area contributed by atoms with Crippen molar-refractivity contribution in [3.63, 3.8) is 0 Å². The zero-order chi connectivity index (χ0) is 17.9. The van der Waals surface area contributed by atoms with Crippen LogP contribution in [-0.2, 0) is 19.0 Å². The van der Waals surface area contributed by atoms with Crippen molar-refractivity contribution in [2.45, 2.75) is 45.1 Å². The van der Waals surface area contributed by atoms with E-state index in [1.165, 1.54) is 0 Å². The number of carbonyl (C=O) groups is 1. The highest BCUT2D eigenvalue weighted by Crippen LogP contribution is 2.18.